The zero-order chi connectivity index (χ0) is 40.9. The summed E-state index contributed by atoms with van der Waals surface area (Å²) in [6.45, 7) is 7.77. The van der Waals surface area contributed by atoms with Crippen molar-refractivity contribution < 1.29 is 37.3 Å². The molecule has 0 radical (unpaired) electrons. The number of methoxy groups -OCH3 is 2. The third-order valence-corrected chi connectivity index (χ3v) is 9.32. The molecule has 3 aromatic carbocycles. The lowest BCUT2D eigenvalue weighted by Gasteiger charge is -2.40. The predicted octanol–water partition coefficient (Wildman–Crippen LogP) is 5.73. The number of carbonyl (C=O) groups excluding carboxylic acids is 3. The number of hydrogen-bond acceptors (Lipinski definition) is 10. The summed E-state index contributed by atoms with van der Waals surface area (Å²) in [6.07, 6.45) is 2.50. The molecule has 1 unspecified atom stereocenters. The Kier molecular flexibility index (Phi) is 11.9. The Labute approximate surface area is 333 Å². The Morgan fingerprint density at radius 2 is 1.72 bits per heavy atom. The van der Waals surface area contributed by atoms with Crippen molar-refractivity contribution in [1.82, 2.24) is 29.8 Å². The Bertz CT molecular complexity index is 2290. The van der Waals surface area contributed by atoms with E-state index in [0.29, 0.717) is 39.5 Å². The van der Waals surface area contributed by atoms with Crippen LogP contribution in [0.4, 0.5) is 25.4 Å². The summed E-state index contributed by atoms with van der Waals surface area (Å²) in [5.41, 5.74) is 0.606. The van der Waals surface area contributed by atoms with E-state index in [0.717, 1.165) is 0 Å². The fourth-order valence-corrected chi connectivity index (χ4v) is 6.60. The largest absolute Gasteiger partial charge is 0.497 e. The summed E-state index contributed by atoms with van der Waals surface area (Å²) in [4.78, 5) is 70.7. The van der Waals surface area contributed by atoms with Gasteiger partial charge in [0.1, 0.15) is 29.0 Å². The van der Waals surface area contributed by atoms with E-state index < -0.39 is 35.6 Å². The summed E-state index contributed by atoms with van der Waals surface area (Å²) < 4.78 is 31.8. The number of halogens is 1. The number of hydrogen-bond donors (Lipinski definition) is 3. The van der Waals surface area contributed by atoms with Crippen LogP contribution >= 0.6 is 0 Å². The number of aromatic nitrogens is 4. The van der Waals surface area contributed by atoms with E-state index in [4.69, 9.17) is 19.2 Å². The van der Waals surface area contributed by atoms with Crippen LogP contribution < -0.4 is 35.6 Å². The van der Waals surface area contributed by atoms with Crippen molar-refractivity contribution in [3.8, 4) is 11.5 Å². The molecule has 1 aliphatic heterocycles. The SMILES string of the molecule is COc1ccc(N(C(=O)Nc2ccc(F)cc2)C(C)c2nc3ccccc3c(=O)n2N2CCN(C(=O)[C@H](Cc3cnc[nH]3)NC(=O)OC(C)(C)C)CC2)c(OC)c1.[HH].[HH].[HH]. The second kappa shape index (κ2) is 17.0. The van der Waals surface area contributed by atoms with Gasteiger partial charge >= 0.3 is 12.1 Å². The topological polar surface area (TPSA) is 176 Å². The van der Waals surface area contributed by atoms with Gasteiger partial charge in [-0.1, -0.05) is 12.1 Å². The number of amides is 4. The number of imidazole rings is 1. The number of urea groups is 1. The van der Waals surface area contributed by atoms with Crippen molar-refractivity contribution in [3.63, 3.8) is 0 Å². The quantitative estimate of drug-likeness (QED) is 0.150. The van der Waals surface area contributed by atoms with Crippen LogP contribution in [0.1, 0.15) is 49.5 Å². The van der Waals surface area contributed by atoms with Gasteiger partial charge in [-0.25, -0.2) is 28.6 Å². The first-order valence-corrected chi connectivity index (χ1v) is 18.4. The summed E-state index contributed by atoms with van der Waals surface area (Å²) >= 11 is 0. The number of piperazine rings is 1. The van der Waals surface area contributed by atoms with Crippen molar-refractivity contribution >= 4 is 40.3 Å². The van der Waals surface area contributed by atoms with Crippen LogP contribution in [0.3, 0.4) is 0 Å². The summed E-state index contributed by atoms with van der Waals surface area (Å²) in [7, 11) is 2.98. The van der Waals surface area contributed by atoms with Crippen molar-refractivity contribution in [2.45, 2.75) is 51.8 Å². The number of aromatic amines is 1. The van der Waals surface area contributed by atoms with Gasteiger partial charge in [0.25, 0.3) is 5.56 Å². The number of benzene rings is 3. The molecule has 0 aliphatic carbocycles. The molecule has 0 bridgehead atoms. The van der Waals surface area contributed by atoms with Gasteiger partial charge in [0.15, 0.2) is 5.82 Å². The summed E-state index contributed by atoms with van der Waals surface area (Å²) in [5.74, 6) is 0.233. The van der Waals surface area contributed by atoms with Crippen LogP contribution in [-0.4, -0.2) is 94.6 Å². The first-order valence-electron chi connectivity index (χ1n) is 18.4. The molecule has 16 nitrogen and oxygen atoms in total. The van der Waals surface area contributed by atoms with Gasteiger partial charge in [0.05, 0.1) is 56.3 Å². The van der Waals surface area contributed by atoms with Crippen molar-refractivity contribution in [3.05, 3.63) is 107 Å². The van der Waals surface area contributed by atoms with Crippen LogP contribution in [0, 0.1) is 5.82 Å². The highest BCUT2D eigenvalue weighted by atomic mass is 19.1. The molecule has 6 rings (SSSR count). The minimum atomic E-state index is -0.958. The van der Waals surface area contributed by atoms with E-state index in [9.17, 15) is 23.6 Å². The number of nitrogens with one attached hydrogen (secondary N) is 3. The van der Waals surface area contributed by atoms with Gasteiger partial charge in [-0.3, -0.25) is 14.5 Å². The monoisotopic (exact) mass is 789 g/mol. The smallest absolute Gasteiger partial charge is 0.408 e. The number of H-pyrrole nitrogens is 1. The van der Waals surface area contributed by atoms with Crippen molar-refractivity contribution in [2.24, 2.45) is 0 Å². The maximum atomic E-state index is 14.5. The first kappa shape index (κ1) is 40.0. The minimum absolute atomic E-state index is 0. The molecular formula is C40H52FN9O7. The highest BCUT2D eigenvalue weighted by Crippen LogP contribution is 2.37. The van der Waals surface area contributed by atoms with Crippen LogP contribution in [0.15, 0.2) is 84.0 Å². The van der Waals surface area contributed by atoms with E-state index >= 15 is 0 Å². The predicted molar refractivity (Wildman–Crippen MR) is 218 cm³/mol. The molecule has 0 saturated carbocycles. The third-order valence-electron chi connectivity index (χ3n) is 9.32. The zero-order valence-corrected chi connectivity index (χ0v) is 32.6. The Morgan fingerprint density at radius 3 is 2.37 bits per heavy atom. The van der Waals surface area contributed by atoms with Crippen molar-refractivity contribution in [1.29, 1.82) is 0 Å². The Balaban J connectivity index is 0.00000320. The highest BCUT2D eigenvalue weighted by Gasteiger charge is 2.35. The zero-order valence-electron chi connectivity index (χ0n) is 32.6. The first-order chi connectivity index (χ1) is 27.3. The van der Waals surface area contributed by atoms with Crippen LogP contribution in [0.25, 0.3) is 10.9 Å². The molecule has 1 aliphatic rings. The average molecular weight is 790 g/mol. The second-order valence-corrected chi connectivity index (χ2v) is 14.4. The third kappa shape index (κ3) is 9.25. The molecule has 1 saturated heterocycles. The molecule has 1 fully saturated rings. The highest BCUT2D eigenvalue weighted by molar-refractivity contribution is 6.03. The number of fused-ring (bicyclic) bond motifs is 1. The fourth-order valence-electron chi connectivity index (χ4n) is 6.60. The molecule has 0 spiro atoms. The van der Waals surface area contributed by atoms with Gasteiger partial charge < -0.3 is 39.7 Å². The maximum absolute atomic E-state index is 14.5. The lowest BCUT2D eigenvalue weighted by Crippen LogP contribution is -2.60. The molecule has 57 heavy (non-hydrogen) atoms. The molecular weight excluding hydrogens is 737 g/mol. The van der Waals surface area contributed by atoms with Gasteiger partial charge in [0.2, 0.25) is 5.91 Å². The Hall–Kier alpha value is -6.65. The Morgan fingerprint density at radius 1 is 1.00 bits per heavy atom. The van der Waals surface area contributed by atoms with Gasteiger partial charge in [0, 0.05) is 47.4 Å². The molecule has 4 amide bonds. The molecule has 2 aromatic heterocycles. The second-order valence-electron chi connectivity index (χ2n) is 14.4. The van der Waals surface area contributed by atoms with Crippen LogP contribution in [-0.2, 0) is 16.0 Å². The molecule has 3 heterocycles. The van der Waals surface area contributed by atoms with E-state index in [-0.39, 0.29) is 54.2 Å². The number of nitrogens with zero attached hydrogens (tertiary/aromatic N) is 6. The number of alkyl carbamates (subject to hydrolysis) is 1. The number of para-hydroxylation sites is 1. The maximum Gasteiger partial charge on any atom is 0.408 e. The van der Waals surface area contributed by atoms with Crippen LogP contribution in [0.5, 0.6) is 11.5 Å². The standard InChI is InChI=1S/C40H46FN9O7.3H2/c1-25(49(33-16-15-29(55-5)22-34(33)56-6)38(53)44-27-13-11-26(41)12-14-27)35-45-31-10-8-7-9-30(31)36(51)50(35)48-19-17-47(18-20-48)37(52)32(21-28-23-42-24-43-28)46-39(54)57-40(2,3)4;;;/h7-16,22-25,32H,17-21H2,1-6H3,(H,42,43)(H,44,53)(H,46,54);3*1H/t25?,32-;;;/m0.../s1. The molecule has 17 heteroatoms. The van der Waals surface area contributed by atoms with E-state index in [1.807, 2.05) is 0 Å². The van der Waals surface area contributed by atoms with Gasteiger partial charge in [-0.15, -0.1) is 0 Å². The number of anilines is 2. The fraction of sp³-hybridized carbons (Fsp3) is 0.350. The molecule has 306 valence electrons. The minimum Gasteiger partial charge on any atom is -0.497 e. The normalized spacial score (nSPS) is 14.1. The molecule has 3 N–H and O–H groups in total. The average Bonchev–Trinajstić information content (AvgIpc) is 3.71. The van der Waals surface area contributed by atoms with Crippen molar-refractivity contribution in [2.75, 3.05) is 55.6 Å². The van der Waals surface area contributed by atoms with Crippen LogP contribution in [0.2, 0.25) is 0 Å². The summed E-state index contributed by atoms with van der Waals surface area (Å²) in [5, 5.41) is 7.71. The van der Waals surface area contributed by atoms with E-state index in [1.54, 1.807) is 86.3 Å². The number of rotatable bonds is 11. The van der Waals surface area contributed by atoms with Gasteiger partial charge in [-0.2, -0.15) is 0 Å². The number of ether oxygens (including phenoxy) is 3. The number of carbonyl (C=O) groups is 3. The summed E-state index contributed by atoms with van der Waals surface area (Å²) in [6, 6.07) is 14.8. The lowest BCUT2D eigenvalue weighted by molar-refractivity contribution is -0.134. The molecule has 5 aromatic rings. The van der Waals surface area contributed by atoms with E-state index in [2.05, 4.69) is 20.6 Å². The van der Waals surface area contributed by atoms with E-state index in [1.165, 1.54) is 54.4 Å². The lowest BCUT2D eigenvalue weighted by atomic mass is 10.1. The molecule has 2 atom stereocenters. The van der Waals surface area contributed by atoms with Gasteiger partial charge in [-0.05, 0) is 76.2 Å².